The van der Waals surface area contributed by atoms with Crippen molar-refractivity contribution in [1.29, 1.82) is 0 Å². The third-order valence-electron chi connectivity index (χ3n) is 11.4. The van der Waals surface area contributed by atoms with E-state index in [-0.39, 0.29) is 11.4 Å². The predicted molar refractivity (Wildman–Crippen MR) is 153 cm³/mol. The molecular formula is C33H59F3O3. The Balaban J connectivity index is 0.000000349. The fourth-order valence-electron chi connectivity index (χ4n) is 9.33. The van der Waals surface area contributed by atoms with E-state index < -0.39 is 18.9 Å². The van der Waals surface area contributed by atoms with E-state index in [4.69, 9.17) is 5.11 Å². The third kappa shape index (κ3) is 8.16. The molecule has 0 aromatic heterocycles. The average Bonchev–Trinajstić information content (AvgIpc) is 3.23. The number of esters is 1. The standard InChI is InChI=1S/C23H37F3.C8H16O3.C2H6/c1-4-5-15-7-9-19-18-8-6-16-14-17(23(24,25)26)10-12-22(16,3)20(18)11-13-21(15,19)2;1-2-3-4-5-6-8(10)11-7-9;1-2/h15-20H,4-14H2,1-3H3;9H,2-7H2,1H3;1-2H3. The van der Waals surface area contributed by atoms with Gasteiger partial charge in [0.2, 0.25) is 0 Å². The molecule has 39 heavy (non-hydrogen) atoms. The van der Waals surface area contributed by atoms with Crippen molar-refractivity contribution in [3.8, 4) is 0 Å². The number of fused-ring (bicyclic) bond motifs is 5. The Hall–Kier alpha value is -0.780. The zero-order chi connectivity index (χ0) is 29.3. The topological polar surface area (TPSA) is 46.5 Å². The highest BCUT2D eigenvalue weighted by Gasteiger charge is 2.61. The lowest BCUT2D eigenvalue weighted by atomic mass is 9.44. The Bertz CT molecular complexity index is 725. The third-order valence-corrected chi connectivity index (χ3v) is 11.4. The lowest BCUT2D eigenvalue weighted by molar-refractivity contribution is -0.208. The Morgan fingerprint density at radius 1 is 0.872 bits per heavy atom. The maximum atomic E-state index is 13.3. The van der Waals surface area contributed by atoms with Crippen LogP contribution in [-0.4, -0.2) is 24.0 Å². The first kappa shape index (κ1) is 34.4. The summed E-state index contributed by atoms with van der Waals surface area (Å²) in [6.07, 6.45) is 12.6. The molecule has 1 N–H and O–H groups in total. The number of aliphatic hydroxyl groups excluding tert-OH is 1. The second-order valence-corrected chi connectivity index (χ2v) is 13.2. The van der Waals surface area contributed by atoms with Crippen LogP contribution in [-0.2, 0) is 9.53 Å². The molecular weight excluding hydrogens is 501 g/mol. The average molecular weight is 561 g/mol. The second kappa shape index (κ2) is 15.4. The second-order valence-electron chi connectivity index (χ2n) is 13.2. The van der Waals surface area contributed by atoms with Gasteiger partial charge in [-0.05, 0) is 105 Å². The predicted octanol–water partition coefficient (Wildman–Crippen LogP) is 10.1. The molecule has 0 spiro atoms. The largest absolute Gasteiger partial charge is 0.439 e. The first-order chi connectivity index (χ1) is 18.5. The van der Waals surface area contributed by atoms with Crippen LogP contribution in [0.1, 0.15) is 144 Å². The van der Waals surface area contributed by atoms with Crippen LogP contribution in [0, 0.1) is 46.3 Å². The molecule has 8 atom stereocenters. The molecule has 4 aliphatic carbocycles. The summed E-state index contributed by atoms with van der Waals surface area (Å²) in [7, 11) is 0. The van der Waals surface area contributed by atoms with Gasteiger partial charge in [0.15, 0.2) is 6.79 Å². The van der Waals surface area contributed by atoms with E-state index in [2.05, 4.69) is 32.4 Å². The molecule has 0 aromatic rings. The highest BCUT2D eigenvalue weighted by atomic mass is 19.4. The number of aliphatic hydroxyl groups is 1. The van der Waals surface area contributed by atoms with E-state index in [1.165, 1.54) is 44.9 Å². The Labute approximate surface area is 237 Å². The fourth-order valence-corrected chi connectivity index (χ4v) is 9.33. The molecule has 0 amide bonds. The number of unbranched alkanes of at least 4 members (excludes halogenated alkanes) is 3. The normalized spacial score (nSPS) is 37.2. The minimum Gasteiger partial charge on any atom is -0.439 e. The minimum absolute atomic E-state index is 0.175. The van der Waals surface area contributed by atoms with Gasteiger partial charge in [-0.3, -0.25) is 4.79 Å². The first-order valence-corrected chi connectivity index (χ1v) is 16.3. The van der Waals surface area contributed by atoms with Crippen LogP contribution in [0.2, 0.25) is 0 Å². The fraction of sp³-hybridized carbons (Fsp3) is 0.970. The molecule has 6 heteroatoms. The summed E-state index contributed by atoms with van der Waals surface area (Å²) in [6.45, 7) is 12.9. The molecule has 0 heterocycles. The van der Waals surface area contributed by atoms with Gasteiger partial charge in [-0.25, -0.2) is 0 Å². The Kier molecular flexibility index (Phi) is 13.6. The molecule has 0 saturated heterocycles. The van der Waals surface area contributed by atoms with Crippen LogP contribution in [0.15, 0.2) is 0 Å². The van der Waals surface area contributed by atoms with E-state index in [1.54, 1.807) is 0 Å². The Morgan fingerprint density at radius 2 is 1.54 bits per heavy atom. The van der Waals surface area contributed by atoms with Gasteiger partial charge < -0.3 is 9.84 Å². The molecule has 8 unspecified atom stereocenters. The van der Waals surface area contributed by atoms with Crippen molar-refractivity contribution in [2.75, 3.05) is 6.79 Å². The van der Waals surface area contributed by atoms with Crippen molar-refractivity contribution in [2.24, 2.45) is 46.3 Å². The quantitative estimate of drug-likeness (QED) is 0.182. The van der Waals surface area contributed by atoms with Crippen molar-refractivity contribution >= 4 is 5.97 Å². The molecule has 0 aliphatic heterocycles. The van der Waals surface area contributed by atoms with Crippen molar-refractivity contribution in [3.05, 3.63) is 0 Å². The number of hydrogen-bond donors (Lipinski definition) is 1. The lowest BCUT2D eigenvalue weighted by Crippen LogP contribution is -2.54. The van der Waals surface area contributed by atoms with Crippen LogP contribution in [0.4, 0.5) is 13.2 Å². The van der Waals surface area contributed by atoms with Gasteiger partial charge in [-0.2, -0.15) is 13.2 Å². The maximum absolute atomic E-state index is 13.3. The summed E-state index contributed by atoms with van der Waals surface area (Å²) >= 11 is 0. The number of carbonyl (C=O) groups excluding carboxylic acids is 1. The summed E-state index contributed by atoms with van der Waals surface area (Å²) in [6, 6.07) is 0. The zero-order valence-corrected chi connectivity index (χ0v) is 25.9. The molecule has 0 bridgehead atoms. The minimum atomic E-state index is -3.98. The van der Waals surface area contributed by atoms with Crippen molar-refractivity contribution < 1.29 is 27.8 Å². The van der Waals surface area contributed by atoms with Gasteiger partial charge in [0.25, 0.3) is 0 Å². The molecule has 4 aliphatic rings. The van der Waals surface area contributed by atoms with Crippen LogP contribution in [0.25, 0.3) is 0 Å². The lowest BCUT2D eigenvalue weighted by Gasteiger charge is -2.61. The molecule has 230 valence electrons. The maximum Gasteiger partial charge on any atom is 0.391 e. The highest BCUT2D eigenvalue weighted by molar-refractivity contribution is 5.69. The van der Waals surface area contributed by atoms with Gasteiger partial charge in [-0.1, -0.05) is 73.6 Å². The van der Waals surface area contributed by atoms with Crippen LogP contribution >= 0.6 is 0 Å². The number of rotatable bonds is 8. The zero-order valence-electron chi connectivity index (χ0n) is 25.9. The van der Waals surface area contributed by atoms with Crippen LogP contribution < -0.4 is 0 Å². The molecule has 4 rings (SSSR count). The summed E-state index contributed by atoms with van der Waals surface area (Å²) in [5.74, 6) is 2.19. The summed E-state index contributed by atoms with van der Waals surface area (Å²) < 4.78 is 44.2. The number of halogens is 3. The molecule has 3 nitrogen and oxygen atoms in total. The van der Waals surface area contributed by atoms with Crippen molar-refractivity contribution in [3.63, 3.8) is 0 Å². The molecule has 0 radical (unpaired) electrons. The molecule has 0 aromatic carbocycles. The van der Waals surface area contributed by atoms with Gasteiger partial charge in [0, 0.05) is 6.42 Å². The number of hydrogen-bond acceptors (Lipinski definition) is 3. The molecule has 4 saturated carbocycles. The summed E-state index contributed by atoms with van der Waals surface area (Å²) in [4.78, 5) is 10.6. The highest BCUT2D eigenvalue weighted by Crippen LogP contribution is 2.68. The molecule has 4 fully saturated rings. The number of alkyl halides is 3. The summed E-state index contributed by atoms with van der Waals surface area (Å²) in [5, 5.41) is 8.20. The van der Waals surface area contributed by atoms with Gasteiger partial charge in [0.05, 0.1) is 5.92 Å². The van der Waals surface area contributed by atoms with Crippen LogP contribution in [0.3, 0.4) is 0 Å². The monoisotopic (exact) mass is 560 g/mol. The number of ether oxygens (including phenoxy) is 1. The van der Waals surface area contributed by atoms with E-state index in [9.17, 15) is 18.0 Å². The Morgan fingerprint density at radius 3 is 2.15 bits per heavy atom. The van der Waals surface area contributed by atoms with E-state index in [0.29, 0.717) is 36.5 Å². The SMILES string of the molecule is CC.CCCC1CCC2C3CCC4CC(C(F)(F)F)CCC4(C)C3CCC12C.CCCCCCC(=O)OCO. The van der Waals surface area contributed by atoms with Crippen molar-refractivity contribution in [1.82, 2.24) is 0 Å². The van der Waals surface area contributed by atoms with E-state index >= 15 is 0 Å². The van der Waals surface area contributed by atoms with Gasteiger partial charge in [-0.15, -0.1) is 0 Å². The summed E-state index contributed by atoms with van der Waals surface area (Å²) in [5.41, 5.74) is 0.693. The van der Waals surface area contributed by atoms with Gasteiger partial charge in [0.1, 0.15) is 0 Å². The van der Waals surface area contributed by atoms with Gasteiger partial charge >= 0.3 is 12.1 Å². The first-order valence-electron chi connectivity index (χ1n) is 16.3. The van der Waals surface area contributed by atoms with Crippen LogP contribution in [0.5, 0.6) is 0 Å². The number of carbonyl (C=O) groups is 1. The van der Waals surface area contributed by atoms with Crippen molar-refractivity contribution in [2.45, 2.75) is 150 Å². The van der Waals surface area contributed by atoms with E-state index in [1.807, 2.05) is 13.8 Å². The van der Waals surface area contributed by atoms with E-state index in [0.717, 1.165) is 56.3 Å². The smallest absolute Gasteiger partial charge is 0.391 e.